The van der Waals surface area contributed by atoms with Crippen molar-refractivity contribution in [2.75, 3.05) is 0 Å². The molecule has 0 saturated carbocycles. The summed E-state index contributed by atoms with van der Waals surface area (Å²) in [6, 6.07) is 2.54. The van der Waals surface area contributed by atoms with E-state index in [2.05, 4.69) is 15.5 Å². The third-order valence-corrected chi connectivity index (χ3v) is 2.60. The Morgan fingerprint density at radius 2 is 2.28 bits per heavy atom. The molecule has 2 aromatic rings. The van der Waals surface area contributed by atoms with Crippen LogP contribution in [0.5, 0.6) is 0 Å². The van der Waals surface area contributed by atoms with Gasteiger partial charge in [0.1, 0.15) is 5.76 Å². The fourth-order valence-corrected chi connectivity index (χ4v) is 1.57. The van der Waals surface area contributed by atoms with Crippen molar-refractivity contribution >= 4 is 5.91 Å². The molecule has 0 spiro atoms. The number of aryl methyl sites for hydroxylation is 2. The average molecular weight is 249 g/mol. The third-order valence-electron chi connectivity index (χ3n) is 2.60. The molecule has 0 saturated heterocycles. The maximum Gasteiger partial charge on any atom is 0.251 e. The molecule has 0 aliphatic rings. The standard InChI is InChI=1S/C12H12FN3O2/c1-7-10(8(2)18-16-7)6-15-12(17)9-3-4-14-11(13)5-9/h3-5H,6H2,1-2H3,(H,15,17). The van der Waals surface area contributed by atoms with Gasteiger partial charge in [0.05, 0.1) is 5.69 Å². The van der Waals surface area contributed by atoms with Gasteiger partial charge in [0.25, 0.3) is 5.91 Å². The number of amides is 1. The Balaban J connectivity index is 2.05. The summed E-state index contributed by atoms with van der Waals surface area (Å²) in [6.07, 6.45) is 1.25. The van der Waals surface area contributed by atoms with E-state index >= 15 is 0 Å². The number of aromatic nitrogens is 2. The molecule has 6 heteroatoms. The molecule has 2 heterocycles. The lowest BCUT2D eigenvalue weighted by molar-refractivity contribution is 0.0950. The Morgan fingerprint density at radius 3 is 2.89 bits per heavy atom. The van der Waals surface area contributed by atoms with E-state index in [0.717, 1.165) is 17.3 Å². The first-order chi connectivity index (χ1) is 8.58. The molecule has 1 amide bonds. The van der Waals surface area contributed by atoms with Gasteiger partial charge < -0.3 is 9.84 Å². The predicted molar refractivity (Wildman–Crippen MR) is 61.3 cm³/mol. The Hall–Kier alpha value is -2.24. The summed E-state index contributed by atoms with van der Waals surface area (Å²) in [4.78, 5) is 15.1. The highest BCUT2D eigenvalue weighted by molar-refractivity contribution is 5.93. The van der Waals surface area contributed by atoms with Gasteiger partial charge in [-0.25, -0.2) is 4.98 Å². The van der Waals surface area contributed by atoms with Crippen molar-refractivity contribution in [3.8, 4) is 0 Å². The predicted octanol–water partition coefficient (Wildman–Crippen LogP) is 1.76. The smallest absolute Gasteiger partial charge is 0.251 e. The molecule has 0 aliphatic heterocycles. The number of hydrogen-bond donors (Lipinski definition) is 1. The SMILES string of the molecule is Cc1noc(C)c1CNC(=O)c1ccnc(F)c1. The Morgan fingerprint density at radius 1 is 1.50 bits per heavy atom. The van der Waals surface area contributed by atoms with Gasteiger partial charge in [0, 0.05) is 29.9 Å². The van der Waals surface area contributed by atoms with Crippen LogP contribution in [0.25, 0.3) is 0 Å². The fraction of sp³-hybridized carbons (Fsp3) is 0.250. The topological polar surface area (TPSA) is 68.0 Å². The first-order valence-corrected chi connectivity index (χ1v) is 5.39. The van der Waals surface area contributed by atoms with Gasteiger partial charge in [-0.2, -0.15) is 4.39 Å². The van der Waals surface area contributed by atoms with E-state index < -0.39 is 5.95 Å². The Kier molecular flexibility index (Phi) is 3.36. The second-order valence-electron chi connectivity index (χ2n) is 3.85. The molecule has 0 radical (unpaired) electrons. The minimum absolute atomic E-state index is 0.231. The summed E-state index contributed by atoms with van der Waals surface area (Å²) in [6.45, 7) is 3.86. The van der Waals surface area contributed by atoms with E-state index in [9.17, 15) is 9.18 Å². The van der Waals surface area contributed by atoms with Gasteiger partial charge in [-0.05, 0) is 19.9 Å². The summed E-state index contributed by atoms with van der Waals surface area (Å²) in [7, 11) is 0. The van der Waals surface area contributed by atoms with Crippen molar-refractivity contribution < 1.29 is 13.7 Å². The molecule has 0 aromatic carbocycles. The number of halogens is 1. The normalized spacial score (nSPS) is 10.4. The van der Waals surface area contributed by atoms with Crippen molar-refractivity contribution in [1.29, 1.82) is 0 Å². The second kappa shape index (κ2) is 4.95. The molecule has 0 bridgehead atoms. The number of hydrogen-bond acceptors (Lipinski definition) is 4. The molecular formula is C12H12FN3O2. The van der Waals surface area contributed by atoms with Crippen LogP contribution in [0.2, 0.25) is 0 Å². The van der Waals surface area contributed by atoms with E-state index in [-0.39, 0.29) is 11.5 Å². The third kappa shape index (κ3) is 2.53. The molecule has 94 valence electrons. The molecule has 1 N–H and O–H groups in total. The van der Waals surface area contributed by atoms with Gasteiger partial charge in [0.15, 0.2) is 0 Å². The van der Waals surface area contributed by atoms with Crippen LogP contribution in [0.15, 0.2) is 22.9 Å². The molecule has 0 unspecified atom stereocenters. The highest BCUT2D eigenvalue weighted by Gasteiger charge is 2.11. The number of nitrogens with zero attached hydrogens (tertiary/aromatic N) is 2. The first kappa shape index (κ1) is 12.2. The zero-order valence-electron chi connectivity index (χ0n) is 10.0. The van der Waals surface area contributed by atoms with Gasteiger partial charge in [0.2, 0.25) is 5.95 Å². The van der Waals surface area contributed by atoms with Crippen molar-refractivity contribution in [3.63, 3.8) is 0 Å². The van der Waals surface area contributed by atoms with E-state index in [1.54, 1.807) is 13.8 Å². The largest absolute Gasteiger partial charge is 0.361 e. The maximum absolute atomic E-state index is 12.9. The van der Waals surface area contributed by atoms with Gasteiger partial charge in [-0.1, -0.05) is 5.16 Å². The second-order valence-corrected chi connectivity index (χ2v) is 3.85. The van der Waals surface area contributed by atoms with Crippen LogP contribution in [0.1, 0.15) is 27.4 Å². The lowest BCUT2D eigenvalue weighted by Gasteiger charge is -2.04. The number of carbonyl (C=O) groups is 1. The van der Waals surface area contributed by atoms with Crippen LogP contribution in [0.4, 0.5) is 4.39 Å². The molecule has 5 nitrogen and oxygen atoms in total. The van der Waals surface area contributed by atoms with E-state index in [4.69, 9.17) is 4.52 Å². The highest BCUT2D eigenvalue weighted by atomic mass is 19.1. The van der Waals surface area contributed by atoms with Crippen molar-refractivity contribution in [2.24, 2.45) is 0 Å². The van der Waals surface area contributed by atoms with Crippen molar-refractivity contribution in [1.82, 2.24) is 15.5 Å². The number of carbonyl (C=O) groups excluding carboxylic acids is 1. The maximum atomic E-state index is 12.9. The quantitative estimate of drug-likeness (QED) is 0.841. The van der Waals surface area contributed by atoms with Crippen molar-refractivity contribution in [3.05, 3.63) is 46.9 Å². The average Bonchev–Trinajstić information content (AvgIpc) is 2.66. The lowest BCUT2D eigenvalue weighted by atomic mass is 10.2. The fourth-order valence-electron chi connectivity index (χ4n) is 1.57. The molecule has 2 rings (SSSR count). The summed E-state index contributed by atoms with van der Waals surface area (Å²) >= 11 is 0. The minimum atomic E-state index is -0.681. The van der Waals surface area contributed by atoms with Gasteiger partial charge >= 0.3 is 0 Å². The lowest BCUT2D eigenvalue weighted by Crippen LogP contribution is -2.23. The van der Waals surface area contributed by atoms with Crippen LogP contribution < -0.4 is 5.32 Å². The summed E-state index contributed by atoms with van der Waals surface area (Å²) in [5.74, 6) is -0.384. The highest BCUT2D eigenvalue weighted by Crippen LogP contribution is 2.11. The molecular weight excluding hydrogens is 237 g/mol. The van der Waals surface area contributed by atoms with Crippen LogP contribution in [-0.2, 0) is 6.54 Å². The minimum Gasteiger partial charge on any atom is -0.361 e. The van der Waals surface area contributed by atoms with E-state index in [0.29, 0.717) is 12.3 Å². The van der Waals surface area contributed by atoms with Crippen molar-refractivity contribution in [2.45, 2.75) is 20.4 Å². The van der Waals surface area contributed by atoms with Crippen LogP contribution in [0.3, 0.4) is 0 Å². The molecule has 0 aliphatic carbocycles. The summed E-state index contributed by atoms with van der Waals surface area (Å²) in [5.41, 5.74) is 1.79. The summed E-state index contributed by atoms with van der Waals surface area (Å²) in [5, 5.41) is 6.46. The number of rotatable bonds is 3. The molecule has 0 atom stereocenters. The number of nitrogens with one attached hydrogen (secondary N) is 1. The molecule has 18 heavy (non-hydrogen) atoms. The Bertz CT molecular complexity index is 561. The van der Waals surface area contributed by atoms with E-state index in [1.165, 1.54) is 12.3 Å². The van der Waals surface area contributed by atoms with Crippen LogP contribution >= 0.6 is 0 Å². The Labute approximate surface area is 103 Å². The van der Waals surface area contributed by atoms with Gasteiger partial charge in [-0.3, -0.25) is 4.79 Å². The summed E-state index contributed by atoms with van der Waals surface area (Å²) < 4.78 is 17.8. The van der Waals surface area contributed by atoms with E-state index in [1.807, 2.05) is 0 Å². The van der Waals surface area contributed by atoms with Gasteiger partial charge in [-0.15, -0.1) is 0 Å². The zero-order chi connectivity index (χ0) is 13.1. The molecule has 0 fully saturated rings. The molecule has 2 aromatic heterocycles. The first-order valence-electron chi connectivity index (χ1n) is 5.39. The van der Waals surface area contributed by atoms with Crippen LogP contribution in [-0.4, -0.2) is 16.0 Å². The zero-order valence-corrected chi connectivity index (χ0v) is 10.0. The monoisotopic (exact) mass is 249 g/mol. The number of pyridine rings is 1. The van der Waals surface area contributed by atoms with Crippen LogP contribution in [0, 0.1) is 19.8 Å².